The lowest BCUT2D eigenvalue weighted by atomic mass is 10.2. The molecule has 16 heavy (non-hydrogen) atoms. The maximum Gasteiger partial charge on any atom is 0.255 e. The molecule has 0 aliphatic heterocycles. The molecule has 0 saturated heterocycles. The molecule has 2 aromatic rings. The SMILES string of the molecule is Cl.NS(=O)(=O)c1ccc2c(=O)[nH]ccc2c1. The van der Waals surface area contributed by atoms with E-state index < -0.39 is 10.0 Å². The Morgan fingerprint density at radius 3 is 2.50 bits per heavy atom. The van der Waals surface area contributed by atoms with Crippen LogP contribution in [0.3, 0.4) is 0 Å². The first kappa shape index (κ1) is 12.7. The zero-order valence-corrected chi connectivity index (χ0v) is 9.64. The minimum Gasteiger partial charge on any atom is -0.329 e. The van der Waals surface area contributed by atoms with Crippen molar-refractivity contribution in [1.29, 1.82) is 0 Å². The lowest BCUT2D eigenvalue weighted by Crippen LogP contribution is -2.12. The van der Waals surface area contributed by atoms with Crippen molar-refractivity contribution in [3.05, 3.63) is 40.8 Å². The van der Waals surface area contributed by atoms with Crippen LogP contribution in [0.2, 0.25) is 0 Å². The number of pyridine rings is 1. The summed E-state index contributed by atoms with van der Waals surface area (Å²) in [5.74, 6) is 0. The Labute approximate surface area is 97.7 Å². The van der Waals surface area contributed by atoms with Gasteiger partial charge in [0.2, 0.25) is 10.0 Å². The monoisotopic (exact) mass is 260 g/mol. The quantitative estimate of drug-likeness (QED) is 0.786. The van der Waals surface area contributed by atoms with Crippen molar-refractivity contribution >= 4 is 33.2 Å². The molecule has 1 heterocycles. The fourth-order valence-electron chi connectivity index (χ4n) is 1.35. The van der Waals surface area contributed by atoms with Crippen LogP contribution in [0.25, 0.3) is 10.8 Å². The van der Waals surface area contributed by atoms with Gasteiger partial charge in [-0.25, -0.2) is 13.6 Å². The summed E-state index contributed by atoms with van der Waals surface area (Å²) in [6.45, 7) is 0. The Hall–Kier alpha value is -1.37. The van der Waals surface area contributed by atoms with E-state index in [1.54, 1.807) is 6.07 Å². The van der Waals surface area contributed by atoms with E-state index in [9.17, 15) is 13.2 Å². The van der Waals surface area contributed by atoms with Gasteiger partial charge in [0.1, 0.15) is 0 Å². The number of nitrogens with one attached hydrogen (secondary N) is 1. The van der Waals surface area contributed by atoms with E-state index in [0.29, 0.717) is 10.8 Å². The normalized spacial score (nSPS) is 11.1. The molecule has 0 spiro atoms. The van der Waals surface area contributed by atoms with E-state index in [-0.39, 0.29) is 22.9 Å². The summed E-state index contributed by atoms with van der Waals surface area (Å²) in [7, 11) is -3.72. The average Bonchev–Trinajstić information content (AvgIpc) is 2.16. The van der Waals surface area contributed by atoms with Gasteiger partial charge in [0.15, 0.2) is 0 Å². The van der Waals surface area contributed by atoms with E-state index in [2.05, 4.69) is 4.98 Å². The van der Waals surface area contributed by atoms with Crippen molar-refractivity contribution < 1.29 is 8.42 Å². The number of hydrogen-bond donors (Lipinski definition) is 2. The zero-order chi connectivity index (χ0) is 11.1. The van der Waals surface area contributed by atoms with Crippen molar-refractivity contribution in [3.8, 4) is 0 Å². The minimum atomic E-state index is -3.72. The number of H-pyrrole nitrogens is 1. The molecule has 0 unspecified atom stereocenters. The fourth-order valence-corrected chi connectivity index (χ4v) is 1.90. The molecule has 1 aromatic heterocycles. The molecular formula is C9H9ClN2O3S. The molecule has 86 valence electrons. The second-order valence-electron chi connectivity index (χ2n) is 3.10. The van der Waals surface area contributed by atoms with Gasteiger partial charge >= 0.3 is 0 Å². The first-order chi connectivity index (χ1) is 6.98. The van der Waals surface area contributed by atoms with Gasteiger partial charge in [0.25, 0.3) is 5.56 Å². The Bertz CT molecular complexity index is 678. The van der Waals surface area contributed by atoms with Crippen LogP contribution in [0.15, 0.2) is 40.2 Å². The number of hydrogen-bond acceptors (Lipinski definition) is 3. The number of nitrogens with two attached hydrogens (primary N) is 1. The first-order valence-corrected chi connectivity index (χ1v) is 5.67. The molecule has 0 bridgehead atoms. The van der Waals surface area contributed by atoms with Gasteiger partial charge in [0, 0.05) is 11.6 Å². The van der Waals surface area contributed by atoms with Crippen molar-refractivity contribution in [2.45, 2.75) is 4.90 Å². The van der Waals surface area contributed by atoms with Crippen molar-refractivity contribution in [2.75, 3.05) is 0 Å². The summed E-state index contributed by atoms with van der Waals surface area (Å²) in [6, 6.07) is 5.74. The highest BCUT2D eigenvalue weighted by Gasteiger charge is 2.08. The largest absolute Gasteiger partial charge is 0.329 e. The maximum atomic E-state index is 11.3. The molecule has 0 radical (unpaired) electrons. The fraction of sp³-hybridized carbons (Fsp3) is 0. The van der Waals surface area contributed by atoms with Crippen LogP contribution in [-0.2, 0) is 10.0 Å². The minimum absolute atomic E-state index is 0. The smallest absolute Gasteiger partial charge is 0.255 e. The highest BCUT2D eigenvalue weighted by atomic mass is 35.5. The molecular weight excluding hydrogens is 252 g/mol. The van der Waals surface area contributed by atoms with Crippen LogP contribution in [0, 0.1) is 0 Å². The number of primary sulfonamides is 1. The number of benzene rings is 1. The van der Waals surface area contributed by atoms with Gasteiger partial charge in [-0.3, -0.25) is 4.79 Å². The first-order valence-electron chi connectivity index (χ1n) is 4.13. The summed E-state index contributed by atoms with van der Waals surface area (Å²) < 4.78 is 22.1. The van der Waals surface area contributed by atoms with Gasteiger partial charge < -0.3 is 4.98 Å². The third kappa shape index (κ3) is 2.24. The number of aromatic amines is 1. The van der Waals surface area contributed by atoms with Gasteiger partial charge in [-0.05, 0) is 29.7 Å². The predicted octanol–water partition coefficient (Wildman–Crippen LogP) is 0.597. The number of rotatable bonds is 1. The standard InChI is InChI=1S/C9H8N2O3S.ClH/c10-15(13,14)7-1-2-8-6(5-7)3-4-11-9(8)12;/h1-5H,(H,11,12)(H2,10,13,14);1H. The highest BCUT2D eigenvalue weighted by molar-refractivity contribution is 7.89. The van der Waals surface area contributed by atoms with Gasteiger partial charge in [-0.1, -0.05) is 0 Å². The number of halogens is 1. The average molecular weight is 261 g/mol. The van der Waals surface area contributed by atoms with Crippen molar-refractivity contribution in [1.82, 2.24) is 4.98 Å². The van der Waals surface area contributed by atoms with Crippen molar-refractivity contribution in [2.24, 2.45) is 5.14 Å². The second-order valence-corrected chi connectivity index (χ2v) is 4.66. The summed E-state index contributed by atoms with van der Waals surface area (Å²) in [5, 5.41) is 5.95. The highest BCUT2D eigenvalue weighted by Crippen LogP contribution is 2.14. The Kier molecular flexibility index (Phi) is 3.37. The van der Waals surface area contributed by atoms with Crippen molar-refractivity contribution in [3.63, 3.8) is 0 Å². The third-order valence-corrected chi connectivity index (χ3v) is 2.98. The molecule has 1 aromatic carbocycles. The van der Waals surface area contributed by atoms with Crippen LogP contribution in [-0.4, -0.2) is 13.4 Å². The van der Waals surface area contributed by atoms with Crippen LogP contribution in [0.1, 0.15) is 0 Å². The van der Waals surface area contributed by atoms with Gasteiger partial charge in [0.05, 0.1) is 4.90 Å². The summed E-state index contributed by atoms with van der Waals surface area (Å²) in [6.07, 6.45) is 1.46. The van der Waals surface area contributed by atoms with Crippen LogP contribution < -0.4 is 10.7 Å². The van der Waals surface area contributed by atoms with Crippen LogP contribution in [0.5, 0.6) is 0 Å². The molecule has 0 aliphatic rings. The Morgan fingerprint density at radius 2 is 1.88 bits per heavy atom. The van der Waals surface area contributed by atoms with E-state index in [0.717, 1.165) is 0 Å². The topological polar surface area (TPSA) is 93.0 Å². The van der Waals surface area contributed by atoms with E-state index in [1.165, 1.54) is 24.4 Å². The Balaban J connectivity index is 0.00000128. The molecule has 5 nitrogen and oxygen atoms in total. The van der Waals surface area contributed by atoms with E-state index in [4.69, 9.17) is 5.14 Å². The Morgan fingerprint density at radius 1 is 1.19 bits per heavy atom. The molecule has 3 N–H and O–H groups in total. The summed E-state index contributed by atoms with van der Waals surface area (Å²) >= 11 is 0. The lowest BCUT2D eigenvalue weighted by Gasteiger charge is -2.00. The molecule has 0 aliphatic carbocycles. The number of fused-ring (bicyclic) bond motifs is 1. The third-order valence-electron chi connectivity index (χ3n) is 2.07. The molecule has 0 saturated carbocycles. The van der Waals surface area contributed by atoms with Crippen LogP contribution in [0.4, 0.5) is 0 Å². The number of aromatic nitrogens is 1. The second kappa shape index (κ2) is 4.25. The van der Waals surface area contributed by atoms with Gasteiger partial charge in [-0.15, -0.1) is 12.4 Å². The zero-order valence-electron chi connectivity index (χ0n) is 8.01. The maximum absolute atomic E-state index is 11.3. The van der Waals surface area contributed by atoms with E-state index >= 15 is 0 Å². The molecule has 2 rings (SSSR count). The molecule has 7 heteroatoms. The number of sulfonamides is 1. The lowest BCUT2D eigenvalue weighted by molar-refractivity contribution is 0.598. The molecule has 0 fully saturated rings. The molecule has 0 amide bonds. The summed E-state index contributed by atoms with van der Waals surface area (Å²) in [5.41, 5.74) is -0.256. The van der Waals surface area contributed by atoms with E-state index in [1.807, 2.05) is 0 Å². The summed E-state index contributed by atoms with van der Waals surface area (Å²) in [4.78, 5) is 13.8. The van der Waals surface area contributed by atoms with Gasteiger partial charge in [-0.2, -0.15) is 0 Å². The predicted molar refractivity (Wildman–Crippen MR) is 63.2 cm³/mol. The van der Waals surface area contributed by atoms with Crippen LogP contribution >= 0.6 is 12.4 Å². The molecule has 0 atom stereocenters.